The molecule has 1 unspecified atom stereocenters. The van der Waals surface area contributed by atoms with E-state index in [-0.39, 0.29) is 23.1 Å². The number of rotatable bonds is 12. The molecule has 0 bridgehead atoms. The lowest BCUT2D eigenvalue weighted by molar-refractivity contribution is -0.139. The van der Waals surface area contributed by atoms with Crippen LogP contribution in [0.5, 0.6) is 11.5 Å². The lowest BCUT2D eigenvalue weighted by atomic mass is 10.1. The number of benzene rings is 3. The van der Waals surface area contributed by atoms with E-state index in [2.05, 4.69) is 21.2 Å². The van der Waals surface area contributed by atoms with E-state index in [1.54, 1.807) is 38.1 Å². The Bertz CT molecular complexity index is 1430. The number of hydrogen-bond acceptors (Lipinski definition) is 6. The molecule has 11 heteroatoms. The number of methoxy groups -OCH3 is 2. The van der Waals surface area contributed by atoms with Crippen LogP contribution in [0.4, 0.5) is 5.69 Å². The third-order valence-corrected chi connectivity index (χ3v) is 8.63. The van der Waals surface area contributed by atoms with Gasteiger partial charge in [-0.15, -0.1) is 0 Å². The molecule has 3 aromatic carbocycles. The molecule has 0 saturated carbocycles. The number of carbonyl (C=O) groups excluding carboxylic acids is 2. The van der Waals surface area contributed by atoms with E-state index >= 15 is 0 Å². The van der Waals surface area contributed by atoms with E-state index in [0.717, 1.165) is 19.9 Å². The molecule has 9 nitrogen and oxygen atoms in total. The summed E-state index contributed by atoms with van der Waals surface area (Å²) in [5.74, 6) is -0.264. The molecule has 40 heavy (non-hydrogen) atoms. The molecule has 3 aromatic rings. The minimum atomic E-state index is -4.24. The van der Waals surface area contributed by atoms with Crippen LogP contribution < -0.4 is 19.1 Å². The van der Waals surface area contributed by atoms with Gasteiger partial charge in [0.2, 0.25) is 11.8 Å². The molecule has 0 aliphatic heterocycles. The summed E-state index contributed by atoms with van der Waals surface area (Å²) in [6.45, 7) is 5.28. The number of likely N-dealkylation sites (N-methyl/N-ethyl adjacent to an activating group) is 1. The van der Waals surface area contributed by atoms with Crippen LogP contribution in [0, 0.1) is 6.92 Å². The van der Waals surface area contributed by atoms with Gasteiger partial charge in [-0.25, -0.2) is 8.42 Å². The summed E-state index contributed by atoms with van der Waals surface area (Å²) < 4.78 is 40.5. The van der Waals surface area contributed by atoms with Gasteiger partial charge >= 0.3 is 0 Å². The molecule has 0 radical (unpaired) electrons. The quantitative estimate of drug-likeness (QED) is 0.315. The number of halogens is 1. The maximum Gasteiger partial charge on any atom is 0.264 e. The number of nitrogens with zero attached hydrogens (tertiary/aromatic N) is 2. The van der Waals surface area contributed by atoms with Gasteiger partial charge in [0.05, 0.1) is 24.8 Å². The highest BCUT2D eigenvalue weighted by molar-refractivity contribution is 9.10. The predicted molar refractivity (Wildman–Crippen MR) is 158 cm³/mol. The zero-order valence-electron chi connectivity index (χ0n) is 23.2. The number of sulfonamides is 1. The fourth-order valence-electron chi connectivity index (χ4n) is 4.04. The van der Waals surface area contributed by atoms with Crippen LogP contribution in [-0.2, 0) is 26.2 Å². The van der Waals surface area contributed by atoms with Crippen molar-refractivity contribution < 1.29 is 27.5 Å². The van der Waals surface area contributed by atoms with Crippen LogP contribution in [-0.4, -0.2) is 58.5 Å². The lowest BCUT2D eigenvalue weighted by Crippen LogP contribution is -2.51. The second-order valence-corrected chi connectivity index (χ2v) is 11.9. The first-order valence-corrected chi connectivity index (χ1v) is 14.9. The van der Waals surface area contributed by atoms with E-state index in [1.807, 2.05) is 31.2 Å². The third-order valence-electron chi connectivity index (χ3n) is 6.33. The van der Waals surface area contributed by atoms with E-state index < -0.39 is 28.5 Å². The number of aryl methyl sites for hydroxylation is 1. The van der Waals surface area contributed by atoms with E-state index in [9.17, 15) is 18.0 Å². The Morgan fingerprint density at radius 1 is 0.950 bits per heavy atom. The summed E-state index contributed by atoms with van der Waals surface area (Å²) in [7, 11) is -1.37. The topological polar surface area (TPSA) is 105 Å². The highest BCUT2D eigenvalue weighted by atomic mass is 79.9. The van der Waals surface area contributed by atoms with E-state index in [4.69, 9.17) is 9.47 Å². The Labute approximate surface area is 244 Å². The monoisotopic (exact) mass is 631 g/mol. The van der Waals surface area contributed by atoms with E-state index in [0.29, 0.717) is 18.0 Å². The fourth-order valence-corrected chi connectivity index (χ4v) is 5.73. The Morgan fingerprint density at radius 2 is 1.57 bits per heavy atom. The van der Waals surface area contributed by atoms with Crippen molar-refractivity contribution in [3.8, 4) is 11.5 Å². The summed E-state index contributed by atoms with van der Waals surface area (Å²) in [4.78, 5) is 28.0. The van der Waals surface area contributed by atoms with Crippen LogP contribution in [0.1, 0.15) is 25.0 Å². The highest BCUT2D eigenvalue weighted by Crippen LogP contribution is 2.32. The number of nitrogens with one attached hydrogen (secondary N) is 1. The summed E-state index contributed by atoms with van der Waals surface area (Å²) in [6.07, 6.45) is 0. The van der Waals surface area contributed by atoms with Crippen LogP contribution in [0.3, 0.4) is 0 Å². The average Bonchev–Trinajstić information content (AvgIpc) is 2.95. The van der Waals surface area contributed by atoms with Gasteiger partial charge in [-0.3, -0.25) is 13.9 Å². The summed E-state index contributed by atoms with van der Waals surface area (Å²) in [5, 5.41) is 2.75. The normalized spacial score (nSPS) is 11.8. The Balaban J connectivity index is 2.06. The minimum Gasteiger partial charge on any atom is -0.493 e. The van der Waals surface area contributed by atoms with Crippen molar-refractivity contribution >= 4 is 43.5 Å². The number of amides is 2. The van der Waals surface area contributed by atoms with E-state index in [1.165, 1.54) is 37.3 Å². The van der Waals surface area contributed by atoms with Crippen molar-refractivity contribution in [2.24, 2.45) is 0 Å². The van der Waals surface area contributed by atoms with Gasteiger partial charge in [0, 0.05) is 23.6 Å². The SMILES string of the molecule is CCNC(=O)C(C)N(Cc1ccc(Br)cc1)C(=O)CN(c1ccc(C)cc1)S(=O)(=O)c1ccc(OC)c(OC)c1. The van der Waals surface area contributed by atoms with Gasteiger partial charge in [0.15, 0.2) is 11.5 Å². The van der Waals surface area contributed by atoms with Gasteiger partial charge in [0.25, 0.3) is 10.0 Å². The highest BCUT2D eigenvalue weighted by Gasteiger charge is 2.33. The first-order valence-electron chi connectivity index (χ1n) is 12.6. The van der Waals surface area contributed by atoms with Crippen molar-refractivity contribution in [2.75, 3.05) is 31.6 Å². The number of hydrogen-bond donors (Lipinski definition) is 1. The maximum absolute atomic E-state index is 14.0. The molecular formula is C29H34BrN3O6S. The second-order valence-electron chi connectivity index (χ2n) is 9.08. The van der Waals surface area contributed by atoms with Gasteiger partial charge < -0.3 is 19.7 Å². The lowest BCUT2D eigenvalue weighted by Gasteiger charge is -2.32. The molecular weight excluding hydrogens is 598 g/mol. The maximum atomic E-state index is 14.0. The van der Waals surface area contributed by atoms with Gasteiger partial charge in [-0.1, -0.05) is 45.8 Å². The largest absolute Gasteiger partial charge is 0.493 e. The molecule has 0 spiro atoms. The molecule has 1 N–H and O–H groups in total. The van der Waals surface area contributed by atoms with Crippen molar-refractivity contribution in [3.05, 3.63) is 82.3 Å². The minimum absolute atomic E-state index is 0.0743. The molecule has 0 fully saturated rings. The van der Waals surface area contributed by atoms with Crippen LogP contribution in [0.25, 0.3) is 0 Å². The predicted octanol–water partition coefficient (Wildman–Crippen LogP) is 4.52. The summed E-state index contributed by atoms with van der Waals surface area (Å²) in [5.41, 5.74) is 2.03. The molecule has 3 rings (SSSR count). The van der Waals surface area contributed by atoms with Crippen molar-refractivity contribution in [2.45, 2.75) is 38.3 Å². The molecule has 0 aromatic heterocycles. The Kier molecular flexibility index (Phi) is 10.6. The zero-order chi connectivity index (χ0) is 29.4. The smallest absolute Gasteiger partial charge is 0.264 e. The zero-order valence-corrected chi connectivity index (χ0v) is 25.6. The molecule has 214 valence electrons. The standard InChI is InChI=1S/C29H34BrN3O6S/c1-6-31-29(35)21(3)32(18-22-9-11-23(30)12-10-22)28(34)19-33(24-13-7-20(2)8-14-24)40(36,37)25-15-16-26(38-4)27(17-25)39-5/h7-17,21H,6,18-19H2,1-5H3,(H,31,35). The third kappa shape index (κ3) is 7.33. The average molecular weight is 633 g/mol. The second kappa shape index (κ2) is 13.7. The van der Waals surface area contributed by atoms with Crippen LogP contribution in [0.15, 0.2) is 76.1 Å². The van der Waals surface area contributed by atoms with Crippen molar-refractivity contribution in [1.29, 1.82) is 0 Å². The van der Waals surface area contributed by atoms with Crippen molar-refractivity contribution in [3.63, 3.8) is 0 Å². The van der Waals surface area contributed by atoms with Gasteiger partial charge in [-0.2, -0.15) is 0 Å². The Morgan fingerprint density at radius 3 is 2.15 bits per heavy atom. The first-order chi connectivity index (χ1) is 19.0. The van der Waals surface area contributed by atoms with Crippen molar-refractivity contribution in [1.82, 2.24) is 10.2 Å². The molecule has 0 aliphatic rings. The van der Waals surface area contributed by atoms with Gasteiger partial charge in [-0.05, 0) is 62.7 Å². The first kappa shape index (κ1) is 31.0. The fraction of sp³-hybridized carbons (Fsp3) is 0.310. The molecule has 0 heterocycles. The molecule has 2 amide bonds. The molecule has 0 aliphatic carbocycles. The Hall–Kier alpha value is -3.57. The number of carbonyl (C=O) groups is 2. The summed E-state index contributed by atoms with van der Waals surface area (Å²) >= 11 is 3.41. The molecule has 1 atom stereocenters. The summed E-state index contributed by atoms with van der Waals surface area (Å²) in [6, 6.07) is 17.6. The number of anilines is 1. The number of ether oxygens (including phenoxy) is 2. The van der Waals surface area contributed by atoms with Gasteiger partial charge in [0.1, 0.15) is 12.6 Å². The van der Waals surface area contributed by atoms with Crippen LogP contribution in [0.2, 0.25) is 0 Å². The van der Waals surface area contributed by atoms with Crippen LogP contribution >= 0.6 is 15.9 Å². The molecule has 0 saturated heterocycles.